The van der Waals surface area contributed by atoms with Crippen LogP contribution in [0.5, 0.6) is 5.75 Å². The van der Waals surface area contributed by atoms with Crippen molar-refractivity contribution in [2.75, 3.05) is 10.6 Å². The van der Waals surface area contributed by atoms with Gasteiger partial charge in [0.15, 0.2) is 5.13 Å². The maximum absolute atomic E-state index is 12.4. The van der Waals surface area contributed by atoms with Crippen LogP contribution in [-0.2, 0) is 6.42 Å². The van der Waals surface area contributed by atoms with Gasteiger partial charge in [-0.2, -0.15) is 0 Å². The fourth-order valence-electron chi connectivity index (χ4n) is 2.44. The maximum atomic E-state index is 12.4. The highest BCUT2D eigenvalue weighted by Crippen LogP contribution is 2.26. The molecule has 28 heavy (non-hydrogen) atoms. The van der Waals surface area contributed by atoms with Crippen molar-refractivity contribution in [2.45, 2.75) is 19.7 Å². The second-order valence-electron chi connectivity index (χ2n) is 5.70. The fraction of sp³-hybridized carbons (Fsp3) is 0.158. The molecule has 1 amide bonds. The minimum atomic E-state index is -4.73. The number of carbonyl (C=O) groups is 1. The molecule has 146 valence electrons. The van der Waals surface area contributed by atoms with Crippen LogP contribution in [0.2, 0.25) is 0 Å². The number of anilines is 3. The number of hydrogen-bond acceptors (Lipinski definition) is 5. The first-order chi connectivity index (χ1) is 13.3. The Morgan fingerprint density at radius 1 is 1.14 bits per heavy atom. The Labute approximate surface area is 163 Å². The molecule has 9 heteroatoms. The van der Waals surface area contributed by atoms with Crippen LogP contribution in [0.3, 0.4) is 0 Å². The summed E-state index contributed by atoms with van der Waals surface area (Å²) in [4.78, 5) is 16.6. The maximum Gasteiger partial charge on any atom is 0.573 e. The van der Waals surface area contributed by atoms with Gasteiger partial charge in [0.2, 0.25) is 0 Å². The normalized spacial score (nSPS) is 11.1. The Balaban J connectivity index is 1.64. The van der Waals surface area contributed by atoms with Crippen molar-refractivity contribution in [3.8, 4) is 5.75 Å². The zero-order chi connectivity index (χ0) is 20.1. The first-order valence-corrected chi connectivity index (χ1v) is 9.19. The molecule has 0 bridgehead atoms. The molecule has 1 aromatic heterocycles. The number of halogens is 3. The molecule has 0 saturated heterocycles. The number of benzene rings is 2. The minimum absolute atomic E-state index is 0.246. The quantitative estimate of drug-likeness (QED) is 0.558. The van der Waals surface area contributed by atoms with Crippen LogP contribution in [0.25, 0.3) is 0 Å². The van der Waals surface area contributed by atoms with E-state index in [1.807, 2.05) is 31.2 Å². The first kappa shape index (κ1) is 19.7. The fourth-order valence-corrected chi connectivity index (χ4v) is 3.15. The van der Waals surface area contributed by atoms with Crippen LogP contribution in [-0.4, -0.2) is 17.3 Å². The lowest BCUT2D eigenvalue weighted by atomic mass is 10.1. The van der Waals surface area contributed by atoms with Gasteiger partial charge in [0.1, 0.15) is 11.4 Å². The van der Waals surface area contributed by atoms with Gasteiger partial charge in [-0.25, -0.2) is 4.98 Å². The lowest BCUT2D eigenvalue weighted by molar-refractivity contribution is -0.274. The predicted molar refractivity (Wildman–Crippen MR) is 102 cm³/mol. The van der Waals surface area contributed by atoms with E-state index >= 15 is 0 Å². The van der Waals surface area contributed by atoms with Crippen molar-refractivity contribution in [3.05, 3.63) is 65.2 Å². The Kier molecular flexibility index (Phi) is 5.84. The summed E-state index contributed by atoms with van der Waals surface area (Å²) >= 11 is 1.21. The van der Waals surface area contributed by atoms with E-state index in [-0.39, 0.29) is 17.4 Å². The number of nitrogens with one attached hydrogen (secondary N) is 2. The van der Waals surface area contributed by atoms with E-state index < -0.39 is 6.36 Å². The zero-order valence-corrected chi connectivity index (χ0v) is 15.5. The van der Waals surface area contributed by atoms with E-state index in [0.29, 0.717) is 10.8 Å². The lowest BCUT2D eigenvalue weighted by Crippen LogP contribution is -2.16. The standard InChI is InChI=1S/C19H16F3N3O2S/c1-2-12-5-3-4-6-15(12)24-17(26)16-11-28-18(25-16)23-13-7-9-14(10-8-13)27-19(20,21)22/h3-11H,2H2,1H3,(H,23,25)(H,24,26). The molecule has 0 aliphatic carbocycles. The first-order valence-electron chi connectivity index (χ1n) is 8.31. The van der Waals surface area contributed by atoms with Crippen molar-refractivity contribution < 1.29 is 22.7 Å². The molecular weight excluding hydrogens is 391 g/mol. The van der Waals surface area contributed by atoms with Crippen LogP contribution in [0.4, 0.5) is 29.7 Å². The topological polar surface area (TPSA) is 63.2 Å². The molecule has 0 unspecified atom stereocenters. The number of hydrogen-bond donors (Lipinski definition) is 2. The Hall–Kier alpha value is -3.07. The average Bonchev–Trinajstić information content (AvgIpc) is 3.11. The van der Waals surface area contributed by atoms with Gasteiger partial charge in [0.25, 0.3) is 5.91 Å². The van der Waals surface area contributed by atoms with E-state index in [2.05, 4.69) is 20.4 Å². The molecule has 2 aromatic carbocycles. The predicted octanol–water partition coefficient (Wildman–Crippen LogP) is 5.60. The monoisotopic (exact) mass is 407 g/mol. The van der Waals surface area contributed by atoms with Gasteiger partial charge in [0.05, 0.1) is 0 Å². The highest BCUT2D eigenvalue weighted by Gasteiger charge is 2.30. The molecular formula is C19H16F3N3O2S. The summed E-state index contributed by atoms with van der Waals surface area (Å²) in [5.74, 6) is -0.647. The molecule has 5 nitrogen and oxygen atoms in total. The van der Waals surface area contributed by atoms with Crippen molar-refractivity contribution in [2.24, 2.45) is 0 Å². The van der Waals surface area contributed by atoms with E-state index in [4.69, 9.17) is 0 Å². The summed E-state index contributed by atoms with van der Waals surface area (Å²) in [6.07, 6.45) is -3.95. The van der Waals surface area contributed by atoms with Crippen molar-refractivity contribution in [1.29, 1.82) is 0 Å². The van der Waals surface area contributed by atoms with Crippen molar-refractivity contribution in [3.63, 3.8) is 0 Å². The highest BCUT2D eigenvalue weighted by atomic mass is 32.1. The number of ether oxygens (including phenoxy) is 1. The molecule has 0 spiro atoms. The summed E-state index contributed by atoms with van der Waals surface area (Å²) in [6, 6.07) is 12.8. The van der Waals surface area contributed by atoms with Crippen molar-refractivity contribution >= 4 is 33.8 Å². The Morgan fingerprint density at radius 3 is 2.54 bits per heavy atom. The second-order valence-corrected chi connectivity index (χ2v) is 6.56. The van der Waals surface area contributed by atoms with Gasteiger partial charge >= 0.3 is 6.36 Å². The molecule has 0 radical (unpaired) electrons. The van der Waals surface area contributed by atoms with Crippen LogP contribution >= 0.6 is 11.3 Å². The molecule has 0 saturated carbocycles. The van der Waals surface area contributed by atoms with Gasteiger partial charge < -0.3 is 15.4 Å². The number of amides is 1. The third-order valence-electron chi connectivity index (χ3n) is 3.72. The number of para-hydroxylation sites is 1. The molecule has 0 aliphatic heterocycles. The summed E-state index contributed by atoms with van der Waals surface area (Å²) in [5, 5.41) is 7.83. The molecule has 3 rings (SSSR count). The number of carbonyl (C=O) groups excluding carboxylic acids is 1. The molecule has 0 atom stereocenters. The van der Waals surface area contributed by atoms with E-state index in [1.165, 1.54) is 35.6 Å². The SMILES string of the molecule is CCc1ccccc1NC(=O)c1csc(Nc2ccc(OC(F)(F)F)cc2)n1. The van der Waals surface area contributed by atoms with Crippen LogP contribution in [0.1, 0.15) is 23.0 Å². The minimum Gasteiger partial charge on any atom is -0.406 e. The third-order valence-corrected chi connectivity index (χ3v) is 4.48. The number of rotatable bonds is 6. The second kappa shape index (κ2) is 8.30. The van der Waals surface area contributed by atoms with Gasteiger partial charge in [-0.05, 0) is 42.3 Å². The Morgan fingerprint density at radius 2 is 1.86 bits per heavy atom. The largest absolute Gasteiger partial charge is 0.573 e. The van der Waals surface area contributed by atoms with Crippen LogP contribution < -0.4 is 15.4 Å². The number of aryl methyl sites for hydroxylation is 1. The zero-order valence-electron chi connectivity index (χ0n) is 14.7. The number of thiazole rings is 1. The van der Waals surface area contributed by atoms with Crippen molar-refractivity contribution in [1.82, 2.24) is 4.98 Å². The lowest BCUT2D eigenvalue weighted by Gasteiger charge is -2.09. The summed E-state index contributed by atoms with van der Waals surface area (Å²) in [6.45, 7) is 2.00. The average molecular weight is 407 g/mol. The summed E-state index contributed by atoms with van der Waals surface area (Å²) < 4.78 is 40.4. The molecule has 0 aliphatic rings. The van der Waals surface area contributed by atoms with Gasteiger partial charge in [-0.3, -0.25) is 4.79 Å². The Bertz CT molecular complexity index is 956. The third kappa shape index (κ3) is 5.23. The summed E-state index contributed by atoms with van der Waals surface area (Å²) in [5.41, 5.74) is 2.52. The number of alkyl halides is 3. The molecule has 1 heterocycles. The number of aromatic nitrogens is 1. The highest BCUT2D eigenvalue weighted by molar-refractivity contribution is 7.14. The van der Waals surface area contributed by atoms with Crippen LogP contribution in [0.15, 0.2) is 53.9 Å². The summed E-state index contributed by atoms with van der Waals surface area (Å²) in [7, 11) is 0. The molecule has 2 N–H and O–H groups in total. The smallest absolute Gasteiger partial charge is 0.406 e. The molecule has 0 fully saturated rings. The van der Waals surface area contributed by atoms with E-state index in [0.717, 1.165) is 17.7 Å². The van der Waals surface area contributed by atoms with E-state index in [9.17, 15) is 18.0 Å². The van der Waals surface area contributed by atoms with Gasteiger partial charge in [0, 0.05) is 16.8 Å². The van der Waals surface area contributed by atoms with E-state index in [1.54, 1.807) is 5.38 Å². The molecule has 3 aromatic rings. The van der Waals surface area contributed by atoms with Gasteiger partial charge in [-0.1, -0.05) is 25.1 Å². The van der Waals surface area contributed by atoms with Crippen LogP contribution in [0, 0.1) is 0 Å². The number of nitrogens with zero attached hydrogens (tertiary/aromatic N) is 1. The van der Waals surface area contributed by atoms with Gasteiger partial charge in [-0.15, -0.1) is 24.5 Å².